The zero-order chi connectivity index (χ0) is 15.7. The second kappa shape index (κ2) is 5.48. The minimum atomic E-state index is -1.46. The van der Waals surface area contributed by atoms with Crippen LogP contribution in [-0.4, -0.2) is 10.2 Å². The van der Waals surface area contributed by atoms with Gasteiger partial charge in [0.2, 0.25) is 5.82 Å². The molecule has 0 radical (unpaired) electrons. The molecule has 0 amide bonds. The van der Waals surface area contributed by atoms with Crippen LogP contribution in [0.25, 0.3) is 22.3 Å². The minimum absolute atomic E-state index is 0.0378. The predicted molar refractivity (Wildman–Crippen MR) is 80.6 cm³/mol. The van der Waals surface area contributed by atoms with Gasteiger partial charge in [-0.3, -0.25) is 0 Å². The van der Waals surface area contributed by atoms with Gasteiger partial charge < -0.3 is 10.2 Å². The van der Waals surface area contributed by atoms with Gasteiger partial charge in [-0.1, -0.05) is 54.6 Å². The topological polar surface area (TPSA) is 40.5 Å². The average Bonchev–Trinajstić information content (AvgIpc) is 2.57. The molecule has 3 aromatic carbocycles. The first-order valence-corrected chi connectivity index (χ1v) is 6.64. The Kier molecular flexibility index (Phi) is 3.51. The molecule has 3 rings (SSSR count). The molecule has 0 atom stereocenters. The highest BCUT2D eigenvalue weighted by Gasteiger charge is 2.20. The summed E-state index contributed by atoms with van der Waals surface area (Å²) in [6.45, 7) is 0. The van der Waals surface area contributed by atoms with Crippen LogP contribution in [0.1, 0.15) is 0 Å². The molecular formula is C18H12F2O2. The Morgan fingerprint density at radius 2 is 1.23 bits per heavy atom. The fraction of sp³-hybridized carbons (Fsp3) is 0. The van der Waals surface area contributed by atoms with E-state index in [-0.39, 0.29) is 5.56 Å². The van der Waals surface area contributed by atoms with Gasteiger partial charge in [0.25, 0.3) is 0 Å². The van der Waals surface area contributed by atoms with Crippen molar-refractivity contribution in [2.24, 2.45) is 0 Å². The second-order valence-electron chi connectivity index (χ2n) is 4.83. The number of hydrogen-bond donors (Lipinski definition) is 2. The summed E-state index contributed by atoms with van der Waals surface area (Å²) >= 11 is 0. The summed E-state index contributed by atoms with van der Waals surface area (Å²) in [4.78, 5) is 0. The van der Waals surface area contributed by atoms with Crippen LogP contribution in [0.15, 0.2) is 60.7 Å². The van der Waals surface area contributed by atoms with E-state index in [9.17, 15) is 19.0 Å². The fourth-order valence-electron chi connectivity index (χ4n) is 2.40. The van der Waals surface area contributed by atoms with Gasteiger partial charge in [0, 0.05) is 5.56 Å². The molecule has 110 valence electrons. The van der Waals surface area contributed by atoms with Gasteiger partial charge in [-0.25, -0.2) is 4.39 Å². The van der Waals surface area contributed by atoms with E-state index in [1.807, 2.05) is 42.5 Å². The first-order valence-electron chi connectivity index (χ1n) is 6.64. The fourth-order valence-corrected chi connectivity index (χ4v) is 2.40. The molecule has 3 aromatic rings. The van der Waals surface area contributed by atoms with E-state index in [0.29, 0.717) is 5.56 Å². The minimum Gasteiger partial charge on any atom is -0.504 e. The maximum absolute atomic E-state index is 13.6. The highest BCUT2D eigenvalue weighted by Crippen LogP contribution is 2.42. The SMILES string of the molecule is Oc1c(-c2ccccc2-c2ccccc2)cc(F)c(F)c1O. The van der Waals surface area contributed by atoms with E-state index in [1.165, 1.54) is 0 Å². The van der Waals surface area contributed by atoms with Crippen molar-refractivity contribution in [3.05, 3.63) is 72.3 Å². The molecular weight excluding hydrogens is 286 g/mol. The normalized spacial score (nSPS) is 10.6. The molecule has 0 unspecified atom stereocenters. The Morgan fingerprint density at radius 3 is 1.91 bits per heavy atom. The zero-order valence-corrected chi connectivity index (χ0v) is 11.4. The van der Waals surface area contributed by atoms with Crippen molar-refractivity contribution in [3.8, 4) is 33.8 Å². The van der Waals surface area contributed by atoms with Crippen molar-refractivity contribution >= 4 is 0 Å². The highest BCUT2D eigenvalue weighted by molar-refractivity contribution is 5.87. The van der Waals surface area contributed by atoms with Gasteiger partial charge in [0.1, 0.15) is 0 Å². The largest absolute Gasteiger partial charge is 0.504 e. The first-order chi connectivity index (χ1) is 10.6. The summed E-state index contributed by atoms with van der Waals surface area (Å²) in [5.41, 5.74) is 2.14. The number of benzene rings is 3. The lowest BCUT2D eigenvalue weighted by molar-refractivity contribution is 0.365. The summed E-state index contributed by atoms with van der Waals surface area (Å²) in [6.07, 6.45) is 0. The van der Waals surface area contributed by atoms with Crippen LogP contribution in [0.2, 0.25) is 0 Å². The predicted octanol–water partition coefficient (Wildman–Crippen LogP) is 4.71. The third-order valence-corrected chi connectivity index (χ3v) is 3.47. The lowest BCUT2D eigenvalue weighted by Gasteiger charge is -2.13. The van der Waals surface area contributed by atoms with Crippen LogP contribution >= 0.6 is 0 Å². The molecule has 0 bridgehead atoms. The average molecular weight is 298 g/mol. The molecule has 0 aromatic heterocycles. The quantitative estimate of drug-likeness (QED) is 0.673. The smallest absolute Gasteiger partial charge is 0.204 e. The lowest BCUT2D eigenvalue weighted by atomic mass is 9.94. The zero-order valence-electron chi connectivity index (χ0n) is 11.4. The molecule has 0 aliphatic heterocycles. The summed E-state index contributed by atoms with van der Waals surface area (Å²) in [5, 5.41) is 19.5. The lowest BCUT2D eigenvalue weighted by Crippen LogP contribution is -1.91. The van der Waals surface area contributed by atoms with Crippen molar-refractivity contribution in [2.75, 3.05) is 0 Å². The second-order valence-corrected chi connectivity index (χ2v) is 4.83. The number of phenols is 2. The molecule has 2 nitrogen and oxygen atoms in total. The molecule has 0 saturated carbocycles. The van der Waals surface area contributed by atoms with E-state index >= 15 is 0 Å². The van der Waals surface area contributed by atoms with Crippen LogP contribution in [0.4, 0.5) is 8.78 Å². The first kappa shape index (κ1) is 14.1. The van der Waals surface area contributed by atoms with Crippen LogP contribution in [0.3, 0.4) is 0 Å². The van der Waals surface area contributed by atoms with Crippen molar-refractivity contribution < 1.29 is 19.0 Å². The molecule has 4 heteroatoms. The third-order valence-electron chi connectivity index (χ3n) is 3.47. The third kappa shape index (κ3) is 2.29. The highest BCUT2D eigenvalue weighted by atomic mass is 19.2. The molecule has 0 heterocycles. The maximum Gasteiger partial charge on any atom is 0.204 e. The Morgan fingerprint density at radius 1 is 0.636 bits per heavy atom. The van der Waals surface area contributed by atoms with Gasteiger partial charge in [-0.05, 0) is 22.8 Å². The molecule has 2 N–H and O–H groups in total. The van der Waals surface area contributed by atoms with Crippen LogP contribution in [0.5, 0.6) is 11.5 Å². The van der Waals surface area contributed by atoms with Crippen LogP contribution < -0.4 is 0 Å². The summed E-state index contributed by atoms with van der Waals surface area (Å²) in [6, 6.07) is 17.2. The van der Waals surface area contributed by atoms with Crippen molar-refractivity contribution in [2.45, 2.75) is 0 Å². The number of aromatic hydroxyl groups is 2. The monoisotopic (exact) mass is 298 g/mol. The van der Waals surface area contributed by atoms with Crippen molar-refractivity contribution in [3.63, 3.8) is 0 Å². The van der Waals surface area contributed by atoms with E-state index in [0.717, 1.165) is 17.2 Å². The Bertz CT molecular complexity index is 830. The van der Waals surface area contributed by atoms with Crippen LogP contribution in [0, 0.1) is 11.6 Å². The molecule has 22 heavy (non-hydrogen) atoms. The standard InChI is InChI=1S/C18H12F2O2/c19-15-10-14(17(21)18(22)16(15)20)13-9-5-4-8-12(13)11-6-2-1-3-7-11/h1-10,21-22H. The summed E-state index contributed by atoms with van der Waals surface area (Å²) < 4.78 is 26.9. The Labute approximate surface area is 125 Å². The van der Waals surface area contributed by atoms with Gasteiger partial charge in [0.05, 0.1) is 0 Å². The summed E-state index contributed by atoms with van der Waals surface area (Å²) in [7, 11) is 0. The van der Waals surface area contributed by atoms with Gasteiger partial charge in [0.15, 0.2) is 17.3 Å². The Balaban J connectivity index is 2.27. The number of phenolic OH excluding ortho intramolecular Hbond substituents is 2. The molecule has 0 aliphatic carbocycles. The van der Waals surface area contributed by atoms with E-state index in [2.05, 4.69) is 0 Å². The number of rotatable bonds is 2. The van der Waals surface area contributed by atoms with Gasteiger partial charge in [-0.2, -0.15) is 4.39 Å². The Hall–Kier alpha value is -2.88. The van der Waals surface area contributed by atoms with E-state index in [1.54, 1.807) is 12.1 Å². The molecule has 0 saturated heterocycles. The number of halogens is 2. The molecule has 0 aliphatic rings. The van der Waals surface area contributed by atoms with Gasteiger partial charge in [-0.15, -0.1) is 0 Å². The number of hydrogen-bond acceptors (Lipinski definition) is 2. The van der Waals surface area contributed by atoms with E-state index < -0.39 is 23.1 Å². The van der Waals surface area contributed by atoms with Crippen LogP contribution in [-0.2, 0) is 0 Å². The van der Waals surface area contributed by atoms with Crippen molar-refractivity contribution in [1.29, 1.82) is 0 Å². The molecule has 0 spiro atoms. The van der Waals surface area contributed by atoms with E-state index in [4.69, 9.17) is 0 Å². The maximum atomic E-state index is 13.6. The summed E-state index contributed by atoms with van der Waals surface area (Å²) in [5.74, 6) is -4.44. The molecule has 0 fully saturated rings. The van der Waals surface area contributed by atoms with Crippen molar-refractivity contribution in [1.82, 2.24) is 0 Å². The van der Waals surface area contributed by atoms with Gasteiger partial charge >= 0.3 is 0 Å².